The van der Waals surface area contributed by atoms with Gasteiger partial charge in [0.15, 0.2) is 11.9 Å². The van der Waals surface area contributed by atoms with Gasteiger partial charge in [-0.05, 0) is 74.1 Å². The molecule has 9 heteroatoms. The summed E-state index contributed by atoms with van der Waals surface area (Å²) >= 11 is 0. The quantitative estimate of drug-likeness (QED) is 0.0638. The molecule has 0 aliphatic heterocycles. The summed E-state index contributed by atoms with van der Waals surface area (Å²) < 4.78 is 50.8. The van der Waals surface area contributed by atoms with Crippen LogP contribution in [0.25, 0.3) is 11.4 Å². The van der Waals surface area contributed by atoms with Gasteiger partial charge in [0.05, 0.1) is 11.1 Å². The maximum atomic E-state index is 13.5. The molecule has 0 aliphatic carbocycles. The van der Waals surface area contributed by atoms with Gasteiger partial charge in [0, 0.05) is 18.0 Å². The van der Waals surface area contributed by atoms with E-state index in [9.17, 15) is 22.8 Å². The number of alkyl halides is 3. The van der Waals surface area contributed by atoms with E-state index in [1.165, 1.54) is 76.0 Å². The normalized spacial score (nSPS) is 12.1. The van der Waals surface area contributed by atoms with Crippen molar-refractivity contribution in [1.82, 2.24) is 9.97 Å². The third-order valence-electron chi connectivity index (χ3n) is 8.47. The molecule has 0 N–H and O–H groups in total. The molecule has 48 heavy (non-hydrogen) atoms. The minimum atomic E-state index is -4.65. The molecule has 1 aromatic heterocycles. The van der Waals surface area contributed by atoms with Gasteiger partial charge in [0.25, 0.3) is 0 Å². The van der Waals surface area contributed by atoms with Gasteiger partial charge in [-0.25, -0.2) is 19.6 Å². The van der Waals surface area contributed by atoms with Gasteiger partial charge in [-0.3, -0.25) is 0 Å². The number of carbonyl (C=O) groups excluding carboxylic acids is 2. The number of nitrogens with zero attached hydrogens (tertiary/aromatic N) is 2. The summed E-state index contributed by atoms with van der Waals surface area (Å²) in [7, 11) is 0. The highest BCUT2D eigenvalue weighted by Gasteiger charge is 2.42. The number of halogens is 3. The maximum Gasteiger partial charge on any atom is 0.425 e. The highest BCUT2D eigenvalue weighted by molar-refractivity contribution is 5.93. The van der Waals surface area contributed by atoms with E-state index in [2.05, 4.69) is 16.9 Å². The van der Waals surface area contributed by atoms with Crippen molar-refractivity contribution in [3.05, 3.63) is 77.1 Å². The Labute approximate surface area is 283 Å². The number of unbranched alkanes of at least 4 members (excludes halogenated alkanes) is 12. The first-order chi connectivity index (χ1) is 23.1. The number of hydrogen-bond acceptors (Lipinski definition) is 6. The lowest BCUT2D eigenvalue weighted by atomic mass is 10.0. The lowest BCUT2D eigenvalue weighted by Gasteiger charge is -2.21. The topological polar surface area (TPSA) is 78.4 Å². The van der Waals surface area contributed by atoms with E-state index in [0.29, 0.717) is 29.8 Å². The Bertz CT molecular complexity index is 1390. The molecule has 3 rings (SSSR count). The Morgan fingerprint density at radius 3 is 1.85 bits per heavy atom. The van der Waals surface area contributed by atoms with Crippen molar-refractivity contribution in [2.75, 3.05) is 0 Å². The van der Waals surface area contributed by atoms with Gasteiger partial charge in [-0.2, -0.15) is 13.2 Å². The van der Waals surface area contributed by atoms with Crippen molar-refractivity contribution in [2.45, 2.75) is 136 Å². The fraction of sp³-hybridized carbons (Fsp3) is 0.538. The molecule has 0 bridgehead atoms. The van der Waals surface area contributed by atoms with Crippen molar-refractivity contribution >= 4 is 11.9 Å². The highest BCUT2D eigenvalue weighted by atomic mass is 19.4. The molecule has 1 atom stereocenters. The standard InChI is InChI=1S/C39H51F3N2O4/c1-4-6-8-10-11-12-13-14-15-16-18-30-27-43-36(44-28-30)31-20-22-32(23-21-31)37(45)47-33-24-25-34(29(3)26-33)38(46)48-35(39(40,41)42)19-17-9-7-5-2/h20-28,35H,4-19H2,1-3H3/t35-/m1/s1. The SMILES string of the molecule is CCCCCCCCCCCCc1cnc(-c2ccc(C(=O)Oc3ccc(C(=O)O[C@H](CCCCCC)C(F)(F)F)c(C)c3)cc2)nc1. The van der Waals surface area contributed by atoms with Crippen LogP contribution < -0.4 is 4.74 Å². The van der Waals surface area contributed by atoms with Crippen molar-refractivity contribution < 1.29 is 32.2 Å². The average Bonchev–Trinajstić information content (AvgIpc) is 3.07. The molecule has 0 spiro atoms. The Balaban J connectivity index is 1.47. The third kappa shape index (κ3) is 13.4. The predicted octanol–water partition coefficient (Wildman–Crippen LogP) is 11.2. The maximum absolute atomic E-state index is 13.5. The van der Waals surface area contributed by atoms with E-state index < -0.39 is 24.2 Å². The second-order valence-electron chi connectivity index (χ2n) is 12.6. The van der Waals surface area contributed by atoms with Crippen LogP contribution in [0.2, 0.25) is 0 Å². The van der Waals surface area contributed by atoms with E-state index in [0.717, 1.165) is 36.8 Å². The molecule has 0 fully saturated rings. The van der Waals surface area contributed by atoms with Crippen LogP contribution in [0.5, 0.6) is 5.75 Å². The van der Waals surface area contributed by atoms with E-state index in [-0.39, 0.29) is 17.7 Å². The van der Waals surface area contributed by atoms with Crippen LogP contribution in [0.15, 0.2) is 54.9 Å². The van der Waals surface area contributed by atoms with Gasteiger partial charge < -0.3 is 9.47 Å². The molecule has 0 amide bonds. The summed E-state index contributed by atoms with van der Waals surface area (Å²) in [5, 5.41) is 0. The van der Waals surface area contributed by atoms with E-state index in [1.807, 2.05) is 19.3 Å². The largest absolute Gasteiger partial charge is 0.449 e. The van der Waals surface area contributed by atoms with Crippen LogP contribution in [-0.4, -0.2) is 34.2 Å². The number of benzene rings is 2. The van der Waals surface area contributed by atoms with E-state index >= 15 is 0 Å². The number of aryl methyl sites for hydroxylation is 2. The number of rotatable bonds is 21. The lowest BCUT2D eigenvalue weighted by molar-refractivity contribution is -0.206. The third-order valence-corrected chi connectivity index (χ3v) is 8.47. The summed E-state index contributed by atoms with van der Waals surface area (Å²) in [6.45, 7) is 5.76. The fourth-order valence-electron chi connectivity index (χ4n) is 5.54. The van der Waals surface area contributed by atoms with Gasteiger partial charge in [-0.15, -0.1) is 0 Å². The lowest BCUT2D eigenvalue weighted by Crippen LogP contribution is -2.34. The molecular weight excluding hydrogens is 617 g/mol. The van der Waals surface area contributed by atoms with Crippen LogP contribution in [0.4, 0.5) is 13.2 Å². The Kier molecular flexibility index (Phi) is 16.6. The number of esters is 2. The Hall–Kier alpha value is -3.75. The number of hydrogen-bond donors (Lipinski definition) is 0. The van der Waals surface area contributed by atoms with E-state index in [4.69, 9.17) is 9.47 Å². The zero-order valence-electron chi connectivity index (χ0n) is 28.7. The average molecular weight is 669 g/mol. The van der Waals surface area contributed by atoms with Crippen LogP contribution in [0, 0.1) is 6.92 Å². The van der Waals surface area contributed by atoms with Crippen LogP contribution in [0.1, 0.15) is 142 Å². The summed E-state index contributed by atoms with van der Waals surface area (Å²) in [5.41, 5.74) is 2.49. The molecule has 0 saturated carbocycles. The fourth-order valence-corrected chi connectivity index (χ4v) is 5.54. The van der Waals surface area contributed by atoms with Crippen LogP contribution in [0.3, 0.4) is 0 Å². The van der Waals surface area contributed by atoms with Crippen molar-refractivity contribution in [2.24, 2.45) is 0 Å². The molecule has 1 heterocycles. The molecule has 0 unspecified atom stereocenters. The molecular formula is C39H51F3N2O4. The molecule has 3 aromatic rings. The zero-order chi connectivity index (χ0) is 34.8. The van der Waals surface area contributed by atoms with Gasteiger partial charge in [-0.1, -0.05) is 103 Å². The number of carbonyl (C=O) groups is 2. The number of ether oxygens (including phenoxy) is 2. The summed E-state index contributed by atoms with van der Waals surface area (Å²) in [6, 6.07) is 10.8. The zero-order valence-corrected chi connectivity index (χ0v) is 28.7. The second-order valence-corrected chi connectivity index (χ2v) is 12.6. The molecule has 0 aliphatic rings. The minimum Gasteiger partial charge on any atom is -0.449 e. The minimum absolute atomic E-state index is 0.0172. The molecule has 262 valence electrons. The highest BCUT2D eigenvalue weighted by Crippen LogP contribution is 2.29. The smallest absolute Gasteiger partial charge is 0.425 e. The monoisotopic (exact) mass is 668 g/mol. The van der Waals surface area contributed by atoms with Gasteiger partial charge in [0.2, 0.25) is 0 Å². The van der Waals surface area contributed by atoms with Crippen LogP contribution in [-0.2, 0) is 11.2 Å². The van der Waals surface area contributed by atoms with Crippen molar-refractivity contribution in [3.8, 4) is 17.1 Å². The number of aromatic nitrogens is 2. The predicted molar refractivity (Wildman–Crippen MR) is 183 cm³/mol. The summed E-state index contributed by atoms with van der Waals surface area (Å²) in [5.74, 6) is -0.957. The molecule has 6 nitrogen and oxygen atoms in total. The van der Waals surface area contributed by atoms with Gasteiger partial charge >= 0.3 is 18.1 Å². The summed E-state index contributed by atoms with van der Waals surface area (Å²) in [4.78, 5) is 34.4. The first kappa shape index (κ1) is 38.7. The molecule has 0 radical (unpaired) electrons. The molecule has 2 aromatic carbocycles. The first-order valence-corrected chi connectivity index (χ1v) is 17.6. The summed E-state index contributed by atoms with van der Waals surface area (Å²) in [6.07, 6.45) is 13.2. The van der Waals surface area contributed by atoms with Crippen molar-refractivity contribution in [1.29, 1.82) is 0 Å². The van der Waals surface area contributed by atoms with Gasteiger partial charge in [0.1, 0.15) is 5.75 Å². The Morgan fingerprint density at radius 2 is 1.29 bits per heavy atom. The second kappa shape index (κ2) is 20.6. The van der Waals surface area contributed by atoms with Crippen LogP contribution >= 0.6 is 0 Å². The van der Waals surface area contributed by atoms with E-state index in [1.54, 1.807) is 31.2 Å². The Morgan fingerprint density at radius 1 is 0.729 bits per heavy atom. The van der Waals surface area contributed by atoms with Crippen molar-refractivity contribution in [3.63, 3.8) is 0 Å². The first-order valence-electron chi connectivity index (χ1n) is 17.6. The molecule has 0 saturated heterocycles.